The second-order valence-corrected chi connectivity index (χ2v) is 14.5. The number of hydrogen-bond acceptors (Lipinski definition) is 12. The summed E-state index contributed by atoms with van der Waals surface area (Å²) in [5.74, 6) is 1.53. The first kappa shape index (κ1) is 39.5. The largest absolute Gasteiger partial charge is 0.486 e. The fraction of sp³-hybridized carbons (Fsp3) is 0.286. The number of benzene rings is 2. The number of H-pyrrole nitrogens is 2. The molecule has 0 radical (unpaired) electrons. The molecule has 2 aromatic carbocycles. The summed E-state index contributed by atoms with van der Waals surface area (Å²) in [4.78, 5) is 8.78. The SMILES string of the molecule is Nc1cc(Cl)c2ccc(-c3ccnn3C3CCCCO3)cc2n1.Nc1cc(OCc2ccn[nH]2)c2ccc(-c3ccn[nH]3)cc2n1.OCc1ccnn1C1CCCCO1. The third-order valence-electron chi connectivity index (χ3n) is 10.1. The molecule has 2 atom stereocenters. The van der Waals surface area contributed by atoms with Crippen LogP contribution in [0.3, 0.4) is 0 Å². The van der Waals surface area contributed by atoms with Gasteiger partial charge in [0.1, 0.15) is 24.0 Å². The van der Waals surface area contributed by atoms with Crippen molar-refractivity contribution in [2.75, 3.05) is 24.7 Å². The van der Waals surface area contributed by atoms with Crippen molar-refractivity contribution in [3.05, 3.63) is 114 Å². The van der Waals surface area contributed by atoms with Gasteiger partial charge in [0.25, 0.3) is 0 Å². The lowest BCUT2D eigenvalue weighted by molar-refractivity contribution is -0.0426. The molecule has 0 amide bonds. The molecule has 2 fully saturated rings. The molecule has 2 aliphatic rings. The van der Waals surface area contributed by atoms with Crippen molar-refractivity contribution in [2.24, 2.45) is 0 Å². The zero-order valence-electron chi connectivity index (χ0n) is 32.2. The molecule has 10 rings (SSSR count). The van der Waals surface area contributed by atoms with Gasteiger partial charge in [-0.2, -0.15) is 20.4 Å². The minimum absolute atomic E-state index is 0.00170. The van der Waals surface area contributed by atoms with Crippen LogP contribution in [-0.4, -0.2) is 68.2 Å². The molecule has 2 saturated heterocycles. The number of nitrogens with two attached hydrogens (primary N) is 2. The topological polar surface area (TPSA) is 219 Å². The van der Waals surface area contributed by atoms with E-state index in [2.05, 4.69) is 40.6 Å². The van der Waals surface area contributed by atoms with Crippen molar-refractivity contribution in [1.82, 2.24) is 49.9 Å². The zero-order chi connectivity index (χ0) is 40.6. The summed E-state index contributed by atoms with van der Waals surface area (Å²) in [6, 6.07) is 22.9. The fourth-order valence-corrected chi connectivity index (χ4v) is 7.41. The van der Waals surface area contributed by atoms with Crippen molar-refractivity contribution < 1.29 is 19.3 Å². The number of aliphatic hydroxyl groups is 1. The Morgan fingerprint density at radius 2 is 1.37 bits per heavy atom. The minimum atomic E-state index is 0.00170. The maximum Gasteiger partial charge on any atom is 0.150 e. The molecule has 16 nitrogen and oxygen atoms in total. The Morgan fingerprint density at radius 3 is 2.08 bits per heavy atom. The smallest absolute Gasteiger partial charge is 0.150 e. The lowest BCUT2D eigenvalue weighted by Gasteiger charge is -2.24. The highest BCUT2D eigenvalue weighted by atomic mass is 35.5. The molecular formula is C42H45ClN12O4. The van der Waals surface area contributed by atoms with E-state index < -0.39 is 0 Å². The maximum atomic E-state index is 9.02. The van der Waals surface area contributed by atoms with Crippen molar-refractivity contribution in [2.45, 2.75) is 64.2 Å². The molecule has 8 aromatic rings. The molecular weight excluding hydrogens is 772 g/mol. The minimum Gasteiger partial charge on any atom is -0.486 e. The number of aromatic amines is 2. The van der Waals surface area contributed by atoms with Crippen LogP contribution < -0.4 is 16.2 Å². The number of aromatic nitrogens is 10. The first-order chi connectivity index (χ1) is 28.9. The maximum absolute atomic E-state index is 9.02. The molecule has 2 unspecified atom stereocenters. The molecule has 7 N–H and O–H groups in total. The highest BCUT2D eigenvalue weighted by molar-refractivity contribution is 6.35. The van der Waals surface area contributed by atoms with Gasteiger partial charge in [-0.1, -0.05) is 29.8 Å². The van der Waals surface area contributed by atoms with Gasteiger partial charge < -0.3 is 30.8 Å². The number of aliphatic hydroxyl groups excluding tert-OH is 1. The summed E-state index contributed by atoms with van der Waals surface area (Å²) in [7, 11) is 0. The first-order valence-electron chi connectivity index (χ1n) is 19.5. The van der Waals surface area contributed by atoms with Crippen LogP contribution in [0.15, 0.2) is 97.6 Å². The van der Waals surface area contributed by atoms with Crippen molar-refractivity contribution in [3.63, 3.8) is 0 Å². The molecule has 0 saturated carbocycles. The van der Waals surface area contributed by atoms with E-state index in [0.717, 1.165) is 101 Å². The summed E-state index contributed by atoms with van der Waals surface area (Å²) in [6.07, 6.45) is 13.5. The van der Waals surface area contributed by atoms with E-state index in [-0.39, 0.29) is 19.1 Å². The van der Waals surface area contributed by atoms with Crippen LogP contribution >= 0.6 is 11.6 Å². The first-order valence-corrected chi connectivity index (χ1v) is 19.9. The molecule has 59 heavy (non-hydrogen) atoms. The Labute approximate surface area is 344 Å². The normalized spacial score (nSPS) is 16.6. The molecule has 6 aromatic heterocycles. The second kappa shape index (κ2) is 18.5. The quantitative estimate of drug-likeness (QED) is 0.100. The number of nitrogens with zero attached hydrogens (tertiary/aromatic N) is 8. The number of anilines is 2. The average molecular weight is 817 g/mol. The van der Waals surface area contributed by atoms with E-state index in [1.54, 1.807) is 41.6 Å². The van der Waals surface area contributed by atoms with Crippen LogP contribution in [0.1, 0.15) is 62.4 Å². The van der Waals surface area contributed by atoms with Gasteiger partial charge in [-0.25, -0.2) is 19.3 Å². The Kier molecular flexibility index (Phi) is 12.4. The van der Waals surface area contributed by atoms with Gasteiger partial charge in [-0.15, -0.1) is 0 Å². The van der Waals surface area contributed by atoms with E-state index in [9.17, 15) is 0 Å². The van der Waals surface area contributed by atoms with Gasteiger partial charge in [0, 0.05) is 66.0 Å². The van der Waals surface area contributed by atoms with Gasteiger partial charge in [0.15, 0.2) is 12.5 Å². The molecule has 0 bridgehead atoms. The van der Waals surface area contributed by atoms with Crippen LogP contribution in [0.4, 0.5) is 11.6 Å². The van der Waals surface area contributed by atoms with E-state index in [1.807, 2.05) is 65.3 Å². The number of hydrogen-bond donors (Lipinski definition) is 5. The van der Waals surface area contributed by atoms with Gasteiger partial charge >= 0.3 is 0 Å². The standard InChI is InChI=1S/C17H17ClN4O.C16H14N6O.C9H14N2O2/c18-13-10-16(19)21-14-9-11(4-5-12(13)14)15-6-7-20-22(15)17-3-1-2-8-23-17;17-16-8-15(23-9-11-3-5-18-21-11)12-2-1-10(7-14(12)20-16)13-4-6-19-22-13;12-7-8-4-5-10-11(8)9-3-1-2-6-13-9/h4-7,9-10,17H,1-3,8H2,(H2,19,21);1-8H,9H2,(H2,17,20)(H,18,21)(H,19,22);4-5,9,12H,1-3,6-7H2. The number of nitrogens with one attached hydrogen (secondary N) is 2. The zero-order valence-corrected chi connectivity index (χ0v) is 33.0. The van der Waals surface area contributed by atoms with Gasteiger partial charge in [0.05, 0.1) is 45.4 Å². The summed E-state index contributed by atoms with van der Waals surface area (Å²) in [5.41, 5.74) is 19.0. The monoisotopic (exact) mass is 816 g/mol. The average Bonchev–Trinajstić information content (AvgIpc) is 4.12. The summed E-state index contributed by atoms with van der Waals surface area (Å²) in [5, 5.41) is 33.7. The van der Waals surface area contributed by atoms with E-state index in [0.29, 0.717) is 29.0 Å². The number of ether oxygens (including phenoxy) is 3. The summed E-state index contributed by atoms with van der Waals surface area (Å²) >= 11 is 6.24. The number of rotatable bonds is 8. The van der Waals surface area contributed by atoms with Gasteiger partial charge in [-0.3, -0.25) is 10.2 Å². The fourth-order valence-electron chi connectivity index (χ4n) is 7.14. The Morgan fingerprint density at radius 1 is 0.712 bits per heavy atom. The molecule has 2 aliphatic heterocycles. The van der Waals surface area contributed by atoms with Crippen molar-refractivity contribution in [1.29, 1.82) is 0 Å². The van der Waals surface area contributed by atoms with Crippen molar-refractivity contribution in [3.8, 4) is 28.3 Å². The Balaban J connectivity index is 0.000000128. The molecule has 0 spiro atoms. The molecule has 0 aliphatic carbocycles. The van der Waals surface area contributed by atoms with Crippen LogP contribution in [0.5, 0.6) is 5.75 Å². The van der Waals surface area contributed by atoms with Crippen LogP contribution in [-0.2, 0) is 22.7 Å². The second-order valence-electron chi connectivity index (χ2n) is 14.1. The molecule has 304 valence electrons. The highest BCUT2D eigenvalue weighted by Crippen LogP contribution is 2.33. The Hall–Kier alpha value is -6.33. The van der Waals surface area contributed by atoms with Crippen LogP contribution in [0.25, 0.3) is 44.3 Å². The van der Waals surface area contributed by atoms with Crippen LogP contribution in [0, 0.1) is 0 Å². The summed E-state index contributed by atoms with van der Waals surface area (Å²) in [6.45, 7) is 2.01. The predicted molar refractivity (Wildman–Crippen MR) is 225 cm³/mol. The lowest BCUT2D eigenvalue weighted by atomic mass is 10.1. The molecule has 17 heteroatoms. The third-order valence-corrected chi connectivity index (χ3v) is 10.4. The van der Waals surface area contributed by atoms with Crippen molar-refractivity contribution >= 4 is 45.0 Å². The number of halogens is 1. The number of pyridine rings is 2. The summed E-state index contributed by atoms with van der Waals surface area (Å²) < 4.78 is 21.0. The van der Waals surface area contributed by atoms with Gasteiger partial charge in [0.2, 0.25) is 0 Å². The van der Waals surface area contributed by atoms with E-state index in [1.165, 1.54) is 6.42 Å². The predicted octanol–water partition coefficient (Wildman–Crippen LogP) is 7.62. The van der Waals surface area contributed by atoms with E-state index in [4.69, 9.17) is 42.4 Å². The number of nitrogen functional groups attached to an aromatic ring is 2. The van der Waals surface area contributed by atoms with Crippen LogP contribution in [0.2, 0.25) is 5.02 Å². The number of fused-ring (bicyclic) bond motifs is 2. The highest BCUT2D eigenvalue weighted by Gasteiger charge is 2.20. The molecule has 8 heterocycles. The van der Waals surface area contributed by atoms with Gasteiger partial charge in [-0.05, 0) is 87.1 Å². The third kappa shape index (κ3) is 9.37. The lowest BCUT2D eigenvalue weighted by Crippen LogP contribution is -2.20. The van der Waals surface area contributed by atoms with E-state index >= 15 is 0 Å². The Bertz CT molecular complexity index is 2580.